The highest BCUT2D eigenvalue weighted by Gasteiger charge is 2.10. The molecule has 2 aromatic rings. The molecule has 0 atom stereocenters. The molecule has 4 nitrogen and oxygen atoms in total. The Morgan fingerprint density at radius 2 is 2.00 bits per heavy atom. The molecule has 1 aromatic heterocycles. The monoisotopic (exact) mass is 270 g/mol. The van der Waals surface area contributed by atoms with Gasteiger partial charge < -0.3 is 14.8 Å². The lowest BCUT2D eigenvalue weighted by Crippen LogP contribution is -2.02. The molecule has 0 radical (unpaired) electrons. The van der Waals surface area contributed by atoms with Crippen LogP contribution in [0, 0.1) is 6.92 Å². The maximum absolute atomic E-state index is 5.70. The summed E-state index contributed by atoms with van der Waals surface area (Å²) < 4.78 is 11.3. The van der Waals surface area contributed by atoms with E-state index in [1.807, 2.05) is 31.2 Å². The molecule has 0 bridgehead atoms. The third-order valence-electron chi connectivity index (χ3n) is 3.30. The van der Waals surface area contributed by atoms with Crippen LogP contribution in [-0.4, -0.2) is 18.2 Å². The van der Waals surface area contributed by atoms with Gasteiger partial charge in [-0.15, -0.1) is 0 Å². The number of benzene rings is 1. The van der Waals surface area contributed by atoms with Crippen LogP contribution in [0.3, 0.4) is 0 Å². The minimum absolute atomic E-state index is 0.714. The van der Waals surface area contributed by atoms with Gasteiger partial charge in [0.25, 0.3) is 0 Å². The first kappa shape index (κ1) is 12.8. The molecule has 0 fully saturated rings. The molecule has 0 unspecified atom stereocenters. The molecule has 1 aliphatic rings. The molecule has 4 heteroatoms. The van der Waals surface area contributed by atoms with Gasteiger partial charge in [-0.05, 0) is 36.8 Å². The summed E-state index contributed by atoms with van der Waals surface area (Å²) in [6, 6.07) is 10.0. The van der Waals surface area contributed by atoms with E-state index in [4.69, 9.17) is 9.47 Å². The highest BCUT2D eigenvalue weighted by atomic mass is 16.5. The van der Waals surface area contributed by atoms with Crippen molar-refractivity contribution in [3.05, 3.63) is 47.8 Å². The third-order valence-corrected chi connectivity index (χ3v) is 3.30. The molecule has 1 aromatic carbocycles. The second-order valence-corrected chi connectivity index (χ2v) is 4.82. The average Bonchev–Trinajstić information content (AvgIpc) is 2.71. The minimum Gasteiger partial charge on any atom is -0.490 e. The summed E-state index contributed by atoms with van der Waals surface area (Å²) in [4.78, 5) is 4.27. The fraction of sp³-hybridized carbons (Fsp3) is 0.312. The van der Waals surface area contributed by atoms with E-state index >= 15 is 0 Å². The zero-order valence-corrected chi connectivity index (χ0v) is 11.6. The zero-order valence-electron chi connectivity index (χ0n) is 11.6. The maximum Gasteiger partial charge on any atom is 0.161 e. The Bertz CT molecular complexity index is 599. The van der Waals surface area contributed by atoms with Crippen molar-refractivity contribution in [2.75, 3.05) is 18.5 Å². The number of nitrogens with one attached hydrogen (secondary N) is 1. The number of hydrogen-bond acceptors (Lipinski definition) is 4. The summed E-state index contributed by atoms with van der Waals surface area (Å²) in [5.41, 5.74) is 3.22. The summed E-state index contributed by atoms with van der Waals surface area (Å²) in [6.07, 6.45) is 2.73. The Morgan fingerprint density at radius 3 is 2.85 bits per heavy atom. The van der Waals surface area contributed by atoms with E-state index in [2.05, 4.69) is 16.4 Å². The molecule has 0 amide bonds. The highest BCUT2D eigenvalue weighted by molar-refractivity contribution is 5.49. The van der Waals surface area contributed by atoms with E-state index in [1.165, 1.54) is 0 Å². The summed E-state index contributed by atoms with van der Waals surface area (Å²) in [7, 11) is 0. The van der Waals surface area contributed by atoms with Crippen LogP contribution in [0.5, 0.6) is 11.5 Å². The molecular weight excluding hydrogens is 252 g/mol. The predicted molar refractivity (Wildman–Crippen MR) is 78.3 cm³/mol. The molecule has 0 saturated carbocycles. The van der Waals surface area contributed by atoms with Crippen molar-refractivity contribution in [3.63, 3.8) is 0 Å². The van der Waals surface area contributed by atoms with Crippen LogP contribution < -0.4 is 14.8 Å². The molecule has 3 rings (SSSR count). The predicted octanol–water partition coefficient (Wildman–Crippen LogP) is 3.16. The molecule has 0 saturated heterocycles. The van der Waals surface area contributed by atoms with Gasteiger partial charge in [-0.3, -0.25) is 4.98 Å². The van der Waals surface area contributed by atoms with Crippen LogP contribution in [0.25, 0.3) is 0 Å². The fourth-order valence-corrected chi connectivity index (χ4v) is 2.19. The highest BCUT2D eigenvalue weighted by Crippen LogP contribution is 2.30. The number of nitrogens with zero attached hydrogens (tertiary/aromatic N) is 1. The van der Waals surface area contributed by atoms with Crippen LogP contribution >= 0.6 is 0 Å². The first-order valence-corrected chi connectivity index (χ1v) is 6.87. The van der Waals surface area contributed by atoms with Gasteiger partial charge in [-0.2, -0.15) is 0 Å². The number of aromatic nitrogens is 1. The molecule has 0 aliphatic carbocycles. The zero-order chi connectivity index (χ0) is 13.8. The summed E-state index contributed by atoms with van der Waals surface area (Å²) in [6.45, 7) is 4.17. The van der Waals surface area contributed by atoms with Crippen molar-refractivity contribution in [2.45, 2.75) is 19.9 Å². The first-order valence-electron chi connectivity index (χ1n) is 6.87. The van der Waals surface area contributed by atoms with E-state index in [0.717, 1.165) is 48.0 Å². The smallest absolute Gasteiger partial charge is 0.161 e. The van der Waals surface area contributed by atoms with Gasteiger partial charge in [0, 0.05) is 19.2 Å². The van der Waals surface area contributed by atoms with E-state index in [1.54, 1.807) is 6.20 Å². The van der Waals surface area contributed by atoms with Crippen LogP contribution in [-0.2, 0) is 6.54 Å². The van der Waals surface area contributed by atoms with Crippen molar-refractivity contribution < 1.29 is 9.47 Å². The number of ether oxygens (including phenoxy) is 2. The Balaban J connectivity index is 1.72. The van der Waals surface area contributed by atoms with Crippen molar-refractivity contribution >= 4 is 5.69 Å². The van der Waals surface area contributed by atoms with Crippen LogP contribution in [0.2, 0.25) is 0 Å². The van der Waals surface area contributed by atoms with E-state index in [-0.39, 0.29) is 0 Å². The Kier molecular flexibility index (Phi) is 3.72. The van der Waals surface area contributed by atoms with Crippen molar-refractivity contribution in [2.24, 2.45) is 0 Å². The molecule has 1 aliphatic heterocycles. The number of pyridine rings is 1. The molecule has 104 valence electrons. The number of rotatable bonds is 3. The van der Waals surface area contributed by atoms with Gasteiger partial charge >= 0.3 is 0 Å². The van der Waals surface area contributed by atoms with Gasteiger partial charge in [0.15, 0.2) is 11.5 Å². The standard InChI is InChI=1S/C16H18N2O2/c1-12-14(4-2-7-17-12)18-11-13-5-6-15-16(10-13)20-9-3-8-19-15/h2,4-7,10,18H,3,8-9,11H2,1H3. The molecule has 1 N–H and O–H groups in total. The molecule has 20 heavy (non-hydrogen) atoms. The van der Waals surface area contributed by atoms with Crippen LogP contribution in [0.15, 0.2) is 36.5 Å². The van der Waals surface area contributed by atoms with E-state index in [9.17, 15) is 0 Å². The molecular formula is C16H18N2O2. The Labute approximate surface area is 118 Å². The second-order valence-electron chi connectivity index (χ2n) is 4.82. The quantitative estimate of drug-likeness (QED) is 0.930. The maximum atomic E-state index is 5.70. The summed E-state index contributed by atoms with van der Waals surface area (Å²) in [5, 5.41) is 3.39. The first-order chi connectivity index (χ1) is 9.83. The second kappa shape index (κ2) is 5.82. The number of anilines is 1. The Morgan fingerprint density at radius 1 is 1.15 bits per heavy atom. The third kappa shape index (κ3) is 2.85. The van der Waals surface area contributed by atoms with Crippen LogP contribution in [0.1, 0.15) is 17.7 Å². The van der Waals surface area contributed by atoms with Gasteiger partial charge in [0.1, 0.15) is 0 Å². The molecule has 2 heterocycles. The van der Waals surface area contributed by atoms with Crippen LogP contribution in [0.4, 0.5) is 5.69 Å². The normalized spacial score (nSPS) is 13.7. The lowest BCUT2D eigenvalue weighted by Gasteiger charge is -2.11. The Hall–Kier alpha value is -2.23. The summed E-state index contributed by atoms with van der Waals surface area (Å²) >= 11 is 0. The number of fused-ring (bicyclic) bond motifs is 1. The van der Waals surface area contributed by atoms with E-state index in [0.29, 0.717) is 6.61 Å². The molecule has 0 spiro atoms. The van der Waals surface area contributed by atoms with Crippen molar-refractivity contribution in [1.29, 1.82) is 0 Å². The lowest BCUT2D eigenvalue weighted by molar-refractivity contribution is 0.297. The minimum atomic E-state index is 0.714. The van der Waals surface area contributed by atoms with Gasteiger partial charge in [-0.25, -0.2) is 0 Å². The van der Waals surface area contributed by atoms with Gasteiger partial charge in [0.05, 0.1) is 24.6 Å². The van der Waals surface area contributed by atoms with Gasteiger partial charge in [-0.1, -0.05) is 6.07 Å². The van der Waals surface area contributed by atoms with Gasteiger partial charge in [0.2, 0.25) is 0 Å². The SMILES string of the molecule is Cc1ncccc1NCc1ccc2c(c1)OCCCO2. The fourth-order valence-electron chi connectivity index (χ4n) is 2.19. The topological polar surface area (TPSA) is 43.4 Å². The largest absolute Gasteiger partial charge is 0.490 e. The average molecular weight is 270 g/mol. The number of aryl methyl sites for hydroxylation is 1. The van der Waals surface area contributed by atoms with E-state index < -0.39 is 0 Å². The lowest BCUT2D eigenvalue weighted by atomic mass is 10.2. The number of hydrogen-bond donors (Lipinski definition) is 1. The van der Waals surface area contributed by atoms with Crippen molar-refractivity contribution in [3.8, 4) is 11.5 Å². The summed E-state index contributed by atoms with van der Waals surface area (Å²) in [5.74, 6) is 1.67. The van der Waals surface area contributed by atoms with Crippen molar-refractivity contribution in [1.82, 2.24) is 4.98 Å².